The van der Waals surface area contributed by atoms with Crippen molar-refractivity contribution in [2.45, 2.75) is 44.0 Å². The minimum absolute atomic E-state index is 0.0961. The maximum Gasteiger partial charge on any atom is 0.243 e. The molecule has 1 aromatic carbocycles. The maximum atomic E-state index is 12.7. The molecule has 1 unspecified atom stereocenters. The zero-order chi connectivity index (χ0) is 14.8. The summed E-state index contributed by atoms with van der Waals surface area (Å²) in [5, 5.41) is 8.64. The molecule has 108 valence electrons. The molecule has 0 amide bonds. The van der Waals surface area contributed by atoms with Crippen molar-refractivity contribution in [2.24, 2.45) is 5.92 Å². The molecular weight excluding hydrogens is 272 g/mol. The lowest BCUT2D eigenvalue weighted by atomic mass is 10.0. The number of hydrogen-bond acceptors (Lipinski definition) is 3. The van der Waals surface area contributed by atoms with Gasteiger partial charge in [0, 0.05) is 12.6 Å². The lowest BCUT2D eigenvalue weighted by molar-refractivity contribution is 0.316. The van der Waals surface area contributed by atoms with Crippen LogP contribution < -0.4 is 0 Å². The molecule has 0 aromatic heterocycles. The Hall–Kier alpha value is -1.38. The first-order chi connectivity index (χ1) is 9.46. The third-order valence-electron chi connectivity index (χ3n) is 3.83. The summed E-state index contributed by atoms with van der Waals surface area (Å²) < 4.78 is 27.0. The maximum absolute atomic E-state index is 12.7. The third kappa shape index (κ3) is 2.87. The van der Waals surface area contributed by atoms with Gasteiger partial charge in [-0.15, -0.1) is 0 Å². The van der Waals surface area contributed by atoms with E-state index in [9.17, 15) is 8.42 Å². The molecule has 1 heterocycles. The summed E-state index contributed by atoms with van der Waals surface area (Å²) in [4.78, 5) is 0.326. The zero-order valence-electron chi connectivity index (χ0n) is 11.9. The van der Waals surface area contributed by atoms with Crippen molar-refractivity contribution >= 4 is 10.0 Å². The minimum atomic E-state index is -3.41. The highest BCUT2D eigenvalue weighted by Gasteiger charge is 2.36. The molecule has 4 nitrogen and oxygen atoms in total. The highest BCUT2D eigenvalue weighted by atomic mass is 32.2. The van der Waals surface area contributed by atoms with Crippen LogP contribution in [0.3, 0.4) is 0 Å². The van der Waals surface area contributed by atoms with E-state index in [2.05, 4.69) is 19.9 Å². The summed E-state index contributed by atoms with van der Waals surface area (Å²) in [6.07, 6.45) is 2.16. The molecule has 0 aliphatic carbocycles. The van der Waals surface area contributed by atoms with Crippen molar-refractivity contribution in [3.8, 4) is 6.07 Å². The second-order valence-corrected chi connectivity index (χ2v) is 7.44. The second-order valence-electron chi connectivity index (χ2n) is 5.55. The first-order valence-electron chi connectivity index (χ1n) is 6.94. The number of nitrogens with zero attached hydrogens (tertiary/aromatic N) is 2. The predicted molar refractivity (Wildman–Crippen MR) is 77.5 cm³/mol. The highest BCUT2D eigenvalue weighted by molar-refractivity contribution is 7.89. The van der Waals surface area contributed by atoms with Gasteiger partial charge in [-0.05, 0) is 36.5 Å². The summed E-state index contributed by atoms with van der Waals surface area (Å²) in [6.45, 7) is 4.73. The fraction of sp³-hybridized carbons (Fsp3) is 0.533. The smallest absolute Gasteiger partial charge is 0.207 e. The molecule has 1 aromatic rings. The van der Waals surface area contributed by atoms with Crippen molar-refractivity contribution in [3.63, 3.8) is 0 Å². The van der Waals surface area contributed by atoms with Crippen LogP contribution in [0.4, 0.5) is 0 Å². The molecule has 0 spiro atoms. The topological polar surface area (TPSA) is 61.2 Å². The van der Waals surface area contributed by atoms with E-state index in [1.807, 2.05) is 0 Å². The van der Waals surface area contributed by atoms with E-state index >= 15 is 0 Å². The Morgan fingerprint density at radius 3 is 2.55 bits per heavy atom. The van der Waals surface area contributed by atoms with Crippen molar-refractivity contribution < 1.29 is 8.42 Å². The largest absolute Gasteiger partial charge is 0.243 e. The van der Waals surface area contributed by atoms with Crippen molar-refractivity contribution in [1.82, 2.24) is 4.31 Å². The number of rotatable bonds is 4. The Labute approximate surface area is 121 Å². The van der Waals surface area contributed by atoms with Gasteiger partial charge in [0.25, 0.3) is 0 Å². The monoisotopic (exact) mass is 292 g/mol. The molecule has 1 fully saturated rings. The molecule has 0 saturated carbocycles. The van der Waals surface area contributed by atoms with E-state index in [-0.39, 0.29) is 6.04 Å². The summed E-state index contributed by atoms with van der Waals surface area (Å²) in [7, 11) is -3.41. The zero-order valence-corrected chi connectivity index (χ0v) is 12.7. The average Bonchev–Trinajstić information content (AvgIpc) is 2.90. The average molecular weight is 292 g/mol. The van der Waals surface area contributed by atoms with Crippen LogP contribution in [-0.2, 0) is 16.4 Å². The quantitative estimate of drug-likeness (QED) is 0.857. The van der Waals surface area contributed by atoms with Gasteiger partial charge in [-0.1, -0.05) is 26.0 Å². The summed E-state index contributed by atoms with van der Waals surface area (Å²) in [6, 6.07) is 8.81. The van der Waals surface area contributed by atoms with Crippen LogP contribution in [0, 0.1) is 17.2 Å². The van der Waals surface area contributed by atoms with Crippen molar-refractivity contribution in [1.29, 1.82) is 5.26 Å². The Bertz CT molecular complexity index is 600. The first-order valence-corrected chi connectivity index (χ1v) is 8.38. The van der Waals surface area contributed by atoms with Gasteiger partial charge < -0.3 is 0 Å². The van der Waals surface area contributed by atoms with Gasteiger partial charge in [0.05, 0.1) is 17.4 Å². The van der Waals surface area contributed by atoms with Gasteiger partial charge in [0.15, 0.2) is 0 Å². The third-order valence-corrected chi connectivity index (χ3v) is 5.77. The SMILES string of the molecule is CC(C)C1CCCN1S(=O)(=O)c1ccc(CC#N)cc1. The van der Waals surface area contributed by atoms with Gasteiger partial charge in [0.2, 0.25) is 10.0 Å². The molecule has 1 aliphatic rings. The Morgan fingerprint density at radius 2 is 2.00 bits per heavy atom. The van der Waals surface area contributed by atoms with Crippen LogP contribution in [0.1, 0.15) is 32.3 Å². The van der Waals surface area contributed by atoms with E-state index in [0.29, 0.717) is 23.8 Å². The van der Waals surface area contributed by atoms with Crippen LogP contribution in [-0.4, -0.2) is 25.3 Å². The van der Waals surface area contributed by atoms with Crippen LogP contribution in [0.15, 0.2) is 29.2 Å². The predicted octanol–water partition coefficient (Wildman–Crippen LogP) is 2.56. The van der Waals surface area contributed by atoms with Crippen molar-refractivity contribution in [2.75, 3.05) is 6.54 Å². The number of sulfonamides is 1. The molecule has 1 aliphatic heterocycles. The Balaban J connectivity index is 2.28. The normalized spacial score (nSPS) is 20.2. The molecule has 20 heavy (non-hydrogen) atoms. The molecule has 5 heteroatoms. The number of hydrogen-bond donors (Lipinski definition) is 0. The van der Waals surface area contributed by atoms with Crippen LogP contribution in [0.2, 0.25) is 0 Å². The van der Waals surface area contributed by atoms with Crippen LogP contribution >= 0.6 is 0 Å². The highest BCUT2D eigenvalue weighted by Crippen LogP contribution is 2.30. The number of benzene rings is 1. The standard InChI is InChI=1S/C15H20N2O2S/c1-12(2)15-4-3-11-17(15)20(18,19)14-7-5-13(6-8-14)9-10-16/h5-8,12,15H,3-4,9,11H2,1-2H3. The lowest BCUT2D eigenvalue weighted by Crippen LogP contribution is -2.38. The minimum Gasteiger partial charge on any atom is -0.207 e. The van der Waals surface area contributed by atoms with Gasteiger partial charge in [-0.25, -0.2) is 8.42 Å². The molecule has 0 N–H and O–H groups in total. The van der Waals surface area contributed by atoms with E-state index < -0.39 is 10.0 Å². The Morgan fingerprint density at radius 1 is 1.35 bits per heavy atom. The molecule has 2 rings (SSSR count). The molecule has 1 saturated heterocycles. The van der Waals surface area contributed by atoms with E-state index in [0.717, 1.165) is 18.4 Å². The van der Waals surface area contributed by atoms with E-state index in [4.69, 9.17) is 5.26 Å². The lowest BCUT2D eigenvalue weighted by Gasteiger charge is -2.26. The van der Waals surface area contributed by atoms with E-state index in [1.165, 1.54) is 0 Å². The van der Waals surface area contributed by atoms with Crippen LogP contribution in [0.25, 0.3) is 0 Å². The fourth-order valence-electron chi connectivity index (χ4n) is 2.74. The van der Waals surface area contributed by atoms with Gasteiger partial charge >= 0.3 is 0 Å². The molecule has 1 atom stereocenters. The first kappa shape index (κ1) is 15.0. The number of nitriles is 1. The molecular formula is C15H20N2O2S. The summed E-state index contributed by atoms with van der Waals surface area (Å²) in [5.41, 5.74) is 0.841. The van der Waals surface area contributed by atoms with Crippen molar-refractivity contribution in [3.05, 3.63) is 29.8 Å². The fourth-order valence-corrected chi connectivity index (χ4v) is 4.56. The summed E-state index contributed by atoms with van der Waals surface area (Å²) in [5.74, 6) is 0.324. The Kier molecular flexibility index (Phi) is 4.46. The molecule has 0 radical (unpaired) electrons. The molecule has 0 bridgehead atoms. The van der Waals surface area contributed by atoms with E-state index in [1.54, 1.807) is 28.6 Å². The van der Waals surface area contributed by atoms with Crippen LogP contribution in [0.5, 0.6) is 0 Å². The van der Waals surface area contributed by atoms with Gasteiger partial charge in [-0.2, -0.15) is 9.57 Å². The second kappa shape index (κ2) is 5.94. The van der Waals surface area contributed by atoms with Gasteiger partial charge in [-0.3, -0.25) is 0 Å². The van der Waals surface area contributed by atoms with Gasteiger partial charge in [0.1, 0.15) is 0 Å². The summed E-state index contributed by atoms with van der Waals surface area (Å²) >= 11 is 0.